The van der Waals surface area contributed by atoms with Crippen LogP contribution in [0.15, 0.2) is 0 Å². The number of hydrogen-bond acceptors (Lipinski definition) is 2. The summed E-state index contributed by atoms with van der Waals surface area (Å²) < 4.78 is 0. The maximum absolute atomic E-state index is 2.64. The molecule has 2 unspecified atom stereocenters. The summed E-state index contributed by atoms with van der Waals surface area (Å²) in [4.78, 5) is 5.29. The van der Waals surface area contributed by atoms with Gasteiger partial charge in [0.15, 0.2) is 0 Å². The molecule has 0 aromatic rings. The van der Waals surface area contributed by atoms with Gasteiger partial charge in [-0.15, -0.1) is 0 Å². The monoisotopic (exact) mass is 168 g/mol. The molecule has 0 aliphatic carbocycles. The molecule has 0 radical (unpaired) electrons. The second-order valence-electron chi connectivity index (χ2n) is 4.10. The van der Waals surface area contributed by atoms with Crippen LogP contribution in [0.3, 0.4) is 0 Å². The normalized spacial score (nSPS) is 38.0. The van der Waals surface area contributed by atoms with Gasteiger partial charge < -0.3 is 9.80 Å². The van der Waals surface area contributed by atoms with E-state index in [1.54, 1.807) is 0 Å². The summed E-state index contributed by atoms with van der Waals surface area (Å²) in [6, 6.07) is 0. The van der Waals surface area contributed by atoms with Gasteiger partial charge in [-0.25, -0.2) is 0 Å². The summed E-state index contributed by atoms with van der Waals surface area (Å²) in [5, 5.41) is 0. The molecule has 2 atom stereocenters. The first-order valence-corrected chi connectivity index (χ1v) is 5.40. The van der Waals surface area contributed by atoms with Crippen LogP contribution in [0.2, 0.25) is 0 Å². The maximum atomic E-state index is 2.64. The molecular weight excluding hydrogens is 148 g/mol. The van der Waals surface area contributed by atoms with Crippen molar-refractivity contribution in [3.8, 4) is 0 Å². The van der Waals surface area contributed by atoms with Crippen LogP contribution in [-0.2, 0) is 0 Å². The number of fused-ring (bicyclic) bond motifs is 3. The van der Waals surface area contributed by atoms with Crippen molar-refractivity contribution in [2.45, 2.75) is 25.7 Å². The highest BCUT2D eigenvalue weighted by molar-refractivity contribution is 4.71. The molecule has 0 aromatic heterocycles. The molecule has 2 heteroatoms. The number of hydrogen-bond donors (Lipinski definition) is 0. The van der Waals surface area contributed by atoms with Gasteiger partial charge in [0.1, 0.15) is 0 Å². The smallest absolute Gasteiger partial charge is 0.0109 e. The molecule has 0 amide bonds. The highest BCUT2D eigenvalue weighted by Crippen LogP contribution is 2.10. The average molecular weight is 168 g/mol. The van der Waals surface area contributed by atoms with Crippen molar-refractivity contribution in [1.82, 2.24) is 9.80 Å². The zero-order chi connectivity index (χ0) is 8.23. The first-order valence-electron chi connectivity index (χ1n) is 5.40. The van der Waals surface area contributed by atoms with E-state index in [9.17, 15) is 0 Å². The Morgan fingerprint density at radius 3 is 1.50 bits per heavy atom. The Hall–Kier alpha value is -0.0800. The highest BCUT2D eigenvalue weighted by Gasteiger charge is 2.15. The summed E-state index contributed by atoms with van der Waals surface area (Å²) >= 11 is 0. The first kappa shape index (κ1) is 8.52. The predicted octanol–water partition coefficient (Wildman–Crippen LogP) is 1.18. The van der Waals surface area contributed by atoms with Gasteiger partial charge in [0, 0.05) is 13.1 Å². The van der Waals surface area contributed by atoms with E-state index in [4.69, 9.17) is 0 Å². The molecule has 0 spiro atoms. The summed E-state index contributed by atoms with van der Waals surface area (Å²) in [6.45, 7) is 8.04. The quantitative estimate of drug-likeness (QED) is 0.536. The zero-order valence-electron chi connectivity index (χ0n) is 7.97. The lowest BCUT2D eigenvalue weighted by Gasteiger charge is -2.18. The molecule has 2 saturated heterocycles. The third kappa shape index (κ3) is 2.20. The van der Waals surface area contributed by atoms with E-state index >= 15 is 0 Å². The van der Waals surface area contributed by atoms with Crippen molar-refractivity contribution in [1.29, 1.82) is 0 Å². The lowest BCUT2D eigenvalue weighted by Crippen LogP contribution is -2.30. The Balaban J connectivity index is 1.94. The van der Waals surface area contributed by atoms with Gasteiger partial charge >= 0.3 is 0 Å². The van der Waals surface area contributed by atoms with Crippen LogP contribution in [0.4, 0.5) is 0 Å². The fourth-order valence-electron chi connectivity index (χ4n) is 2.32. The molecule has 2 rings (SSSR count). The van der Waals surface area contributed by atoms with E-state index < -0.39 is 0 Å². The van der Waals surface area contributed by atoms with Crippen molar-refractivity contribution in [2.75, 3.05) is 39.3 Å². The number of nitrogens with zero attached hydrogens (tertiary/aromatic N) is 2. The average Bonchev–Trinajstić information content (AvgIpc) is 2.25. The van der Waals surface area contributed by atoms with Crippen LogP contribution in [-0.4, -0.2) is 49.1 Å². The Labute approximate surface area is 75.5 Å². The van der Waals surface area contributed by atoms with Gasteiger partial charge in [-0.05, 0) is 45.4 Å². The van der Waals surface area contributed by atoms with Crippen molar-refractivity contribution >= 4 is 0 Å². The molecule has 2 nitrogen and oxygen atoms in total. The summed E-state index contributed by atoms with van der Waals surface area (Å²) in [7, 11) is 0. The van der Waals surface area contributed by atoms with E-state index in [0.29, 0.717) is 0 Å². The van der Waals surface area contributed by atoms with Gasteiger partial charge in [-0.3, -0.25) is 0 Å². The molecular formula is C10H20N2. The topological polar surface area (TPSA) is 6.48 Å². The lowest BCUT2D eigenvalue weighted by molar-refractivity contribution is 0.271. The first-order chi connectivity index (χ1) is 5.95. The van der Waals surface area contributed by atoms with Gasteiger partial charge in [0.05, 0.1) is 0 Å². The van der Waals surface area contributed by atoms with E-state index in [2.05, 4.69) is 9.80 Å². The van der Waals surface area contributed by atoms with Crippen LogP contribution in [0.25, 0.3) is 0 Å². The van der Waals surface area contributed by atoms with Crippen molar-refractivity contribution in [3.63, 3.8) is 0 Å². The molecule has 2 aliphatic rings. The van der Waals surface area contributed by atoms with Gasteiger partial charge in [-0.1, -0.05) is 6.42 Å². The fraction of sp³-hybridized carbons (Fsp3) is 1.00. The van der Waals surface area contributed by atoms with Crippen molar-refractivity contribution < 1.29 is 0 Å². The lowest BCUT2D eigenvalue weighted by atomic mass is 10.2. The van der Waals surface area contributed by atoms with Crippen LogP contribution in [0.5, 0.6) is 0 Å². The molecule has 2 bridgehead atoms. The summed E-state index contributed by atoms with van der Waals surface area (Å²) in [5.41, 5.74) is 0. The molecule has 0 saturated carbocycles. The second-order valence-corrected chi connectivity index (χ2v) is 4.10. The van der Waals surface area contributed by atoms with Gasteiger partial charge in [0.2, 0.25) is 0 Å². The van der Waals surface area contributed by atoms with Crippen LogP contribution in [0, 0.1) is 0 Å². The summed E-state index contributed by atoms with van der Waals surface area (Å²) in [5.74, 6) is 0. The SMILES string of the molecule is C1CCN2CCCN(CC1)CC2. The van der Waals surface area contributed by atoms with Crippen molar-refractivity contribution in [2.24, 2.45) is 0 Å². The Morgan fingerprint density at radius 1 is 0.417 bits per heavy atom. The number of rotatable bonds is 0. The van der Waals surface area contributed by atoms with Gasteiger partial charge in [-0.2, -0.15) is 0 Å². The third-order valence-corrected chi connectivity index (χ3v) is 3.13. The van der Waals surface area contributed by atoms with Gasteiger partial charge in [0.25, 0.3) is 0 Å². The molecule has 12 heavy (non-hydrogen) atoms. The molecule has 2 heterocycles. The van der Waals surface area contributed by atoms with E-state index in [1.165, 1.54) is 65.0 Å². The van der Waals surface area contributed by atoms with E-state index in [-0.39, 0.29) is 0 Å². The fourth-order valence-corrected chi connectivity index (χ4v) is 2.32. The standard InChI is InChI=1S/C10H20N2/c1-2-5-11-7-4-8-12(6-3-1)10-9-11/h1-10H2. The Kier molecular flexibility index (Phi) is 3.01. The van der Waals surface area contributed by atoms with Crippen LogP contribution < -0.4 is 0 Å². The van der Waals surface area contributed by atoms with Crippen LogP contribution >= 0.6 is 0 Å². The largest absolute Gasteiger partial charge is 0.302 e. The molecule has 0 aromatic carbocycles. The maximum Gasteiger partial charge on any atom is 0.0109 e. The van der Waals surface area contributed by atoms with Crippen molar-refractivity contribution in [3.05, 3.63) is 0 Å². The Morgan fingerprint density at radius 2 is 0.917 bits per heavy atom. The predicted molar refractivity (Wildman–Crippen MR) is 51.3 cm³/mol. The minimum Gasteiger partial charge on any atom is -0.302 e. The zero-order valence-corrected chi connectivity index (χ0v) is 7.97. The molecule has 0 N–H and O–H groups in total. The molecule has 2 fully saturated rings. The Bertz CT molecular complexity index is 122. The minimum atomic E-state index is 1.32. The third-order valence-electron chi connectivity index (χ3n) is 3.13. The van der Waals surface area contributed by atoms with E-state index in [0.717, 1.165) is 0 Å². The molecule has 2 aliphatic heterocycles. The highest BCUT2D eigenvalue weighted by atomic mass is 15.2. The second kappa shape index (κ2) is 4.24. The minimum absolute atomic E-state index is 1.32. The molecule has 70 valence electrons. The van der Waals surface area contributed by atoms with Crippen LogP contribution in [0.1, 0.15) is 25.7 Å². The summed E-state index contributed by atoms with van der Waals surface area (Å²) in [6.07, 6.45) is 5.68. The van der Waals surface area contributed by atoms with E-state index in [1.807, 2.05) is 0 Å².